The Morgan fingerprint density at radius 3 is 2.70 bits per heavy atom. The van der Waals surface area contributed by atoms with E-state index in [0.717, 1.165) is 17.5 Å². The van der Waals surface area contributed by atoms with Crippen molar-refractivity contribution in [3.63, 3.8) is 0 Å². The van der Waals surface area contributed by atoms with Crippen LogP contribution in [0.1, 0.15) is 10.4 Å². The largest absolute Gasteiger partial charge is 0.298 e. The molecule has 0 unspecified atom stereocenters. The minimum absolute atomic E-state index is 0.498. The Morgan fingerprint density at radius 2 is 2.00 bits per heavy atom. The van der Waals surface area contributed by atoms with Crippen molar-refractivity contribution in [3.05, 3.63) is 65.6 Å². The summed E-state index contributed by atoms with van der Waals surface area (Å²) in [6, 6.07) is 11.0. The molecule has 5 heteroatoms. The number of aldehydes is 1. The smallest absolute Gasteiger partial charge is 0.153 e. The van der Waals surface area contributed by atoms with Gasteiger partial charge in [-0.05, 0) is 24.3 Å². The minimum atomic E-state index is 0.498. The normalized spacial score (nSPS) is 10.4. The number of halogens is 1. The third-order valence-corrected chi connectivity index (χ3v) is 3.22. The van der Waals surface area contributed by atoms with Gasteiger partial charge in [-0.3, -0.25) is 9.78 Å². The van der Waals surface area contributed by atoms with Crippen molar-refractivity contribution in [1.29, 1.82) is 0 Å². The maximum absolute atomic E-state index is 11.2. The van der Waals surface area contributed by atoms with Gasteiger partial charge >= 0.3 is 0 Å². The Kier molecular flexibility index (Phi) is 3.31. The first-order valence-electron chi connectivity index (χ1n) is 6.00. The van der Waals surface area contributed by atoms with Gasteiger partial charge in [0.25, 0.3) is 0 Å². The topological polar surface area (TPSA) is 47.8 Å². The quantitative estimate of drug-likeness (QED) is 0.692. The van der Waals surface area contributed by atoms with Crippen molar-refractivity contribution in [2.45, 2.75) is 0 Å². The number of para-hydroxylation sites is 1. The van der Waals surface area contributed by atoms with E-state index in [4.69, 9.17) is 11.6 Å². The second-order valence-corrected chi connectivity index (χ2v) is 4.60. The van der Waals surface area contributed by atoms with Crippen molar-refractivity contribution in [1.82, 2.24) is 14.8 Å². The van der Waals surface area contributed by atoms with Crippen LogP contribution in [0.3, 0.4) is 0 Å². The lowest BCUT2D eigenvalue weighted by atomic mass is 10.1. The van der Waals surface area contributed by atoms with E-state index in [0.29, 0.717) is 16.3 Å². The van der Waals surface area contributed by atoms with Gasteiger partial charge in [-0.2, -0.15) is 5.10 Å². The maximum atomic E-state index is 11.2. The van der Waals surface area contributed by atoms with Crippen molar-refractivity contribution < 1.29 is 4.79 Å². The van der Waals surface area contributed by atoms with Gasteiger partial charge in [0.1, 0.15) is 5.69 Å². The number of carbonyl (C=O) groups excluding carboxylic acids is 1. The molecule has 0 N–H and O–H groups in total. The average Bonchev–Trinajstić information content (AvgIpc) is 2.92. The SMILES string of the molecule is O=Cc1cn(-c2ccccc2Cl)nc1-c1cccnc1. The van der Waals surface area contributed by atoms with E-state index in [1.165, 1.54) is 0 Å². The van der Waals surface area contributed by atoms with Crippen LogP contribution in [0.25, 0.3) is 16.9 Å². The molecular formula is C15H10ClN3O. The van der Waals surface area contributed by atoms with Gasteiger partial charge in [0.15, 0.2) is 6.29 Å². The van der Waals surface area contributed by atoms with E-state index in [1.807, 2.05) is 24.3 Å². The van der Waals surface area contributed by atoms with E-state index in [2.05, 4.69) is 10.1 Å². The second-order valence-electron chi connectivity index (χ2n) is 4.19. The van der Waals surface area contributed by atoms with E-state index < -0.39 is 0 Å². The average molecular weight is 284 g/mol. The van der Waals surface area contributed by atoms with Crippen LogP contribution in [-0.2, 0) is 0 Å². The van der Waals surface area contributed by atoms with Crippen LogP contribution in [0.5, 0.6) is 0 Å². The molecule has 3 aromatic rings. The molecule has 0 bridgehead atoms. The van der Waals surface area contributed by atoms with Crippen LogP contribution in [-0.4, -0.2) is 21.1 Å². The zero-order valence-electron chi connectivity index (χ0n) is 10.4. The zero-order chi connectivity index (χ0) is 13.9. The third-order valence-electron chi connectivity index (χ3n) is 2.90. The lowest BCUT2D eigenvalue weighted by Crippen LogP contribution is -1.95. The molecule has 0 radical (unpaired) electrons. The van der Waals surface area contributed by atoms with Gasteiger partial charge in [0, 0.05) is 24.2 Å². The molecule has 0 fully saturated rings. The number of hydrogen-bond donors (Lipinski definition) is 0. The number of carbonyl (C=O) groups is 1. The van der Waals surface area contributed by atoms with E-state index in [-0.39, 0.29) is 0 Å². The summed E-state index contributed by atoms with van der Waals surface area (Å²) >= 11 is 6.15. The molecule has 0 aliphatic heterocycles. The number of benzene rings is 1. The summed E-state index contributed by atoms with van der Waals surface area (Å²) in [5, 5.41) is 5.02. The summed E-state index contributed by atoms with van der Waals surface area (Å²) < 4.78 is 1.61. The lowest BCUT2D eigenvalue weighted by molar-refractivity contribution is 0.112. The molecule has 4 nitrogen and oxygen atoms in total. The monoisotopic (exact) mass is 283 g/mol. The zero-order valence-corrected chi connectivity index (χ0v) is 11.2. The third kappa shape index (κ3) is 2.21. The summed E-state index contributed by atoms with van der Waals surface area (Å²) in [6.45, 7) is 0. The van der Waals surface area contributed by atoms with Gasteiger partial charge in [0.05, 0.1) is 16.3 Å². The molecule has 2 aromatic heterocycles. The predicted octanol–water partition coefficient (Wildman–Crippen LogP) is 3.40. The van der Waals surface area contributed by atoms with Crippen molar-refractivity contribution >= 4 is 17.9 Å². The first kappa shape index (κ1) is 12.6. The Balaban J connectivity index is 2.15. The minimum Gasteiger partial charge on any atom is -0.298 e. The van der Waals surface area contributed by atoms with E-state index >= 15 is 0 Å². The second kappa shape index (κ2) is 5.27. The molecule has 1 aromatic carbocycles. The van der Waals surface area contributed by atoms with Gasteiger partial charge < -0.3 is 0 Å². The highest BCUT2D eigenvalue weighted by Crippen LogP contribution is 2.24. The number of rotatable bonds is 3. The molecule has 2 heterocycles. The first-order chi connectivity index (χ1) is 9.79. The van der Waals surface area contributed by atoms with Crippen LogP contribution < -0.4 is 0 Å². The van der Waals surface area contributed by atoms with Gasteiger partial charge in [-0.1, -0.05) is 23.7 Å². The Hall–Kier alpha value is -2.46. The molecule has 98 valence electrons. The number of pyridine rings is 1. The molecule has 0 amide bonds. The van der Waals surface area contributed by atoms with Crippen molar-refractivity contribution in [2.24, 2.45) is 0 Å². The molecule has 0 aliphatic rings. The first-order valence-corrected chi connectivity index (χ1v) is 6.37. The fourth-order valence-corrected chi connectivity index (χ4v) is 2.18. The summed E-state index contributed by atoms with van der Waals surface area (Å²) in [5.74, 6) is 0. The molecule has 0 atom stereocenters. The summed E-state index contributed by atoms with van der Waals surface area (Å²) in [6.07, 6.45) is 5.79. The Labute approximate surface area is 120 Å². The lowest BCUT2D eigenvalue weighted by Gasteiger charge is -2.03. The van der Waals surface area contributed by atoms with Crippen LogP contribution in [0, 0.1) is 0 Å². The van der Waals surface area contributed by atoms with E-state index in [1.54, 1.807) is 35.4 Å². The van der Waals surface area contributed by atoms with Crippen molar-refractivity contribution in [3.8, 4) is 16.9 Å². The highest BCUT2D eigenvalue weighted by Gasteiger charge is 2.12. The van der Waals surface area contributed by atoms with Gasteiger partial charge in [-0.25, -0.2) is 4.68 Å². The molecular weight excluding hydrogens is 274 g/mol. The molecule has 0 spiro atoms. The molecule has 0 saturated carbocycles. The number of hydrogen-bond acceptors (Lipinski definition) is 3. The molecule has 3 rings (SSSR count). The number of nitrogens with zero attached hydrogens (tertiary/aromatic N) is 3. The number of aromatic nitrogens is 3. The van der Waals surface area contributed by atoms with Crippen molar-refractivity contribution in [2.75, 3.05) is 0 Å². The molecule has 20 heavy (non-hydrogen) atoms. The highest BCUT2D eigenvalue weighted by molar-refractivity contribution is 6.32. The fraction of sp³-hybridized carbons (Fsp3) is 0. The maximum Gasteiger partial charge on any atom is 0.153 e. The Morgan fingerprint density at radius 1 is 1.15 bits per heavy atom. The van der Waals surface area contributed by atoms with Gasteiger partial charge in [0.2, 0.25) is 0 Å². The molecule has 0 saturated heterocycles. The highest BCUT2D eigenvalue weighted by atomic mass is 35.5. The van der Waals surface area contributed by atoms with Crippen LogP contribution >= 0.6 is 11.6 Å². The van der Waals surface area contributed by atoms with Crippen LogP contribution in [0.4, 0.5) is 0 Å². The standard InChI is InChI=1S/C15H10ClN3O/c16-13-5-1-2-6-14(13)19-9-12(10-20)15(18-19)11-4-3-7-17-8-11/h1-10H. The Bertz CT molecular complexity index is 753. The van der Waals surface area contributed by atoms with Gasteiger partial charge in [-0.15, -0.1) is 0 Å². The fourth-order valence-electron chi connectivity index (χ4n) is 1.96. The van der Waals surface area contributed by atoms with Crippen LogP contribution in [0.15, 0.2) is 55.0 Å². The summed E-state index contributed by atoms with van der Waals surface area (Å²) in [7, 11) is 0. The molecule has 0 aliphatic carbocycles. The van der Waals surface area contributed by atoms with Crippen LogP contribution in [0.2, 0.25) is 5.02 Å². The van der Waals surface area contributed by atoms with E-state index in [9.17, 15) is 4.79 Å². The summed E-state index contributed by atoms with van der Waals surface area (Å²) in [4.78, 5) is 15.3. The predicted molar refractivity (Wildman–Crippen MR) is 77.2 cm³/mol. The summed E-state index contributed by atoms with van der Waals surface area (Å²) in [5.41, 5.74) is 2.61.